The van der Waals surface area contributed by atoms with E-state index in [1.54, 1.807) is 0 Å². The number of amides is 1. The number of carbonyl (C=O) groups is 1. The van der Waals surface area contributed by atoms with Gasteiger partial charge in [-0.15, -0.1) is 0 Å². The molecule has 0 aliphatic carbocycles. The fraction of sp³-hybridized carbons (Fsp3) is 0.720. The quantitative estimate of drug-likeness (QED) is 0.218. The van der Waals surface area contributed by atoms with Gasteiger partial charge in [0.25, 0.3) is 0 Å². The van der Waals surface area contributed by atoms with Gasteiger partial charge in [0.15, 0.2) is 0 Å². The number of nitrogens with zero attached hydrogens (tertiary/aromatic N) is 1. The average Bonchev–Trinajstić information content (AvgIpc) is 2.68. The topological polar surface area (TPSA) is 17.1 Å². The van der Waals surface area contributed by atoms with Crippen molar-refractivity contribution in [3.63, 3.8) is 0 Å². The van der Waals surface area contributed by atoms with Gasteiger partial charge in [-0.25, -0.2) is 4.79 Å². The highest BCUT2D eigenvalue weighted by molar-refractivity contribution is 5.88. The standard InChI is InChI=1S/C25H44NO/c1-4-5-6-7-8-9-10-11-12-13-14-15-16-20-23-26(2,3)25(27)24-21-18-17-19-22-24/h17-19,21-22H,4-16,20,23H2,1-3H3/q+1. The van der Waals surface area contributed by atoms with Crippen molar-refractivity contribution in [3.8, 4) is 0 Å². The molecule has 0 aliphatic heterocycles. The van der Waals surface area contributed by atoms with Crippen LogP contribution in [0.3, 0.4) is 0 Å². The third-order valence-corrected chi connectivity index (χ3v) is 5.64. The molecule has 1 aromatic carbocycles. The largest absolute Gasteiger partial charge is 0.345 e. The molecule has 0 heterocycles. The fourth-order valence-electron chi connectivity index (χ4n) is 3.73. The first-order valence-corrected chi connectivity index (χ1v) is 11.5. The maximum absolute atomic E-state index is 12.6. The van der Waals surface area contributed by atoms with Crippen molar-refractivity contribution in [2.45, 2.75) is 96.8 Å². The number of unbranched alkanes of at least 4 members (excludes halogenated alkanes) is 13. The Hall–Kier alpha value is -1.15. The number of benzene rings is 1. The predicted molar refractivity (Wildman–Crippen MR) is 118 cm³/mol. The zero-order valence-electron chi connectivity index (χ0n) is 18.3. The van der Waals surface area contributed by atoms with E-state index in [9.17, 15) is 4.79 Å². The summed E-state index contributed by atoms with van der Waals surface area (Å²) in [6, 6.07) is 9.70. The molecule has 2 heteroatoms. The van der Waals surface area contributed by atoms with E-state index in [4.69, 9.17) is 0 Å². The van der Waals surface area contributed by atoms with Crippen molar-refractivity contribution in [1.29, 1.82) is 0 Å². The van der Waals surface area contributed by atoms with Gasteiger partial charge < -0.3 is 0 Å². The van der Waals surface area contributed by atoms with Crippen LogP contribution in [0.25, 0.3) is 0 Å². The van der Waals surface area contributed by atoms with Crippen molar-refractivity contribution >= 4 is 5.91 Å². The molecule has 0 N–H and O–H groups in total. The number of hydrogen-bond acceptors (Lipinski definition) is 1. The molecular weight excluding hydrogens is 330 g/mol. The molecular formula is C25H44NO+. The Morgan fingerprint density at radius 3 is 1.52 bits per heavy atom. The summed E-state index contributed by atoms with van der Waals surface area (Å²) in [6.45, 7) is 3.22. The maximum Gasteiger partial charge on any atom is 0.345 e. The van der Waals surface area contributed by atoms with Gasteiger partial charge in [-0.2, -0.15) is 0 Å². The first kappa shape index (κ1) is 23.9. The van der Waals surface area contributed by atoms with E-state index in [1.807, 2.05) is 44.4 Å². The van der Waals surface area contributed by atoms with Gasteiger partial charge >= 0.3 is 5.91 Å². The third kappa shape index (κ3) is 11.3. The van der Waals surface area contributed by atoms with Crippen LogP contribution in [0.2, 0.25) is 0 Å². The van der Waals surface area contributed by atoms with Gasteiger partial charge in [-0.05, 0) is 25.0 Å². The second-order valence-electron chi connectivity index (χ2n) is 8.68. The molecule has 1 amide bonds. The first-order valence-electron chi connectivity index (χ1n) is 11.5. The lowest BCUT2D eigenvalue weighted by molar-refractivity contribution is -0.807. The minimum atomic E-state index is 0.227. The molecule has 2 nitrogen and oxygen atoms in total. The van der Waals surface area contributed by atoms with Gasteiger partial charge in [-0.3, -0.25) is 4.48 Å². The highest BCUT2D eigenvalue weighted by Gasteiger charge is 2.26. The summed E-state index contributed by atoms with van der Waals surface area (Å²) in [7, 11) is 4.08. The lowest BCUT2D eigenvalue weighted by Gasteiger charge is -2.26. The molecule has 0 bridgehead atoms. The minimum absolute atomic E-state index is 0.227. The number of rotatable bonds is 16. The summed E-state index contributed by atoms with van der Waals surface area (Å²) in [5.41, 5.74) is 0.827. The van der Waals surface area contributed by atoms with Gasteiger partial charge in [0.05, 0.1) is 26.2 Å². The van der Waals surface area contributed by atoms with E-state index in [0.29, 0.717) is 4.48 Å². The molecule has 0 aromatic heterocycles. The van der Waals surface area contributed by atoms with Crippen LogP contribution >= 0.6 is 0 Å². The van der Waals surface area contributed by atoms with Crippen molar-refractivity contribution in [2.75, 3.05) is 20.6 Å². The summed E-state index contributed by atoms with van der Waals surface area (Å²) in [5, 5.41) is 0. The molecule has 154 valence electrons. The van der Waals surface area contributed by atoms with Gasteiger partial charge in [0, 0.05) is 0 Å². The maximum atomic E-state index is 12.6. The normalized spacial score (nSPS) is 11.7. The van der Waals surface area contributed by atoms with Crippen molar-refractivity contribution in [3.05, 3.63) is 35.9 Å². The Labute approximate surface area is 168 Å². The summed E-state index contributed by atoms with van der Waals surface area (Å²) >= 11 is 0. The lowest BCUT2D eigenvalue weighted by Crippen LogP contribution is -2.46. The molecule has 0 unspecified atom stereocenters. The Balaban J connectivity index is 1.96. The molecule has 1 rings (SSSR count). The van der Waals surface area contributed by atoms with Crippen molar-refractivity contribution in [1.82, 2.24) is 0 Å². The third-order valence-electron chi connectivity index (χ3n) is 5.64. The molecule has 0 radical (unpaired) electrons. The highest BCUT2D eigenvalue weighted by Crippen LogP contribution is 2.15. The number of carbonyl (C=O) groups excluding carboxylic acids is 1. The van der Waals surface area contributed by atoms with E-state index in [1.165, 1.54) is 83.5 Å². The number of hydrogen-bond donors (Lipinski definition) is 0. The van der Waals surface area contributed by atoms with E-state index < -0.39 is 0 Å². The summed E-state index contributed by atoms with van der Waals surface area (Å²) < 4.78 is 0.461. The minimum Gasteiger partial charge on any atom is -0.261 e. The molecule has 0 spiro atoms. The highest BCUT2D eigenvalue weighted by atomic mass is 16.2. The first-order chi connectivity index (χ1) is 13.1. The van der Waals surface area contributed by atoms with E-state index in [0.717, 1.165) is 18.5 Å². The monoisotopic (exact) mass is 374 g/mol. The molecule has 0 fully saturated rings. The average molecular weight is 375 g/mol. The van der Waals surface area contributed by atoms with E-state index in [2.05, 4.69) is 6.92 Å². The fourth-order valence-corrected chi connectivity index (χ4v) is 3.73. The zero-order chi connectivity index (χ0) is 19.8. The Morgan fingerprint density at radius 1 is 0.667 bits per heavy atom. The van der Waals surface area contributed by atoms with Gasteiger partial charge in [0.2, 0.25) is 0 Å². The van der Waals surface area contributed by atoms with Crippen LogP contribution in [0.1, 0.15) is 107 Å². The molecule has 1 aromatic rings. The Kier molecular flexibility index (Phi) is 13.1. The van der Waals surface area contributed by atoms with Gasteiger partial charge in [-0.1, -0.05) is 102 Å². The Morgan fingerprint density at radius 2 is 1.07 bits per heavy atom. The van der Waals surface area contributed by atoms with Crippen LogP contribution in [-0.4, -0.2) is 31.0 Å². The summed E-state index contributed by atoms with van der Waals surface area (Å²) in [6.07, 6.45) is 19.2. The predicted octanol–water partition coefficient (Wildman–Crippen LogP) is 7.38. The van der Waals surface area contributed by atoms with Crippen LogP contribution < -0.4 is 0 Å². The van der Waals surface area contributed by atoms with Crippen LogP contribution in [0, 0.1) is 0 Å². The van der Waals surface area contributed by atoms with E-state index >= 15 is 0 Å². The van der Waals surface area contributed by atoms with Gasteiger partial charge in [0.1, 0.15) is 0 Å². The second kappa shape index (κ2) is 14.9. The zero-order valence-corrected chi connectivity index (χ0v) is 18.3. The van der Waals surface area contributed by atoms with Crippen LogP contribution in [0.15, 0.2) is 30.3 Å². The summed E-state index contributed by atoms with van der Waals surface area (Å²) in [4.78, 5) is 12.6. The number of quaternary nitrogens is 1. The SMILES string of the molecule is CCCCCCCCCCCCCCCC[N+](C)(C)C(=O)c1ccccc1. The van der Waals surface area contributed by atoms with Crippen LogP contribution in [-0.2, 0) is 0 Å². The second-order valence-corrected chi connectivity index (χ2v) is 8.68. The molecule has 0 saturated carbocycles. The molecule has 0 aliphatic rings. The van der Waals surface area contributed by atoms with Crippen molar-refractivity contribution in [2.24, 2.45) is 0 Å². The lowest BCUT2D eigenvalue weighted by atomic mass is 10.0. The molecule has 27 heavy (non-hydrogen) atoms. The molecule has 0 atom stereocenters. The van der Waals surface area contributed by atoms with Crippen LogP contribution in [0.5, 0.6) is 0 Å². The van der Waals surface area contributed by atoms with E-state index in [-0.39, 0.29) is 5.91 Å². The summed E-state index contributed by atoms with van der Waals surface area (Å²) in [5.74, 6) is 0.227. The smallest absolute Gasteiger partial charge is 0.261 e. The Bertz CT molecular complexity index is 480. The van der Waals surface area contributed by atoms with Crippen molar-refractivity contribution < 1.29 is 9.28 Å². The van der Waals surface area contributed by atoms with Crippen LogP contribution in [0.4, 0.5) is 0 Å². The molecule has 0 saturated heterocycles.